The quantitative estimate of drug-likeness (QED) is 0.184. The molecule has 2 amide bonds. The third-order valence-electron chi connectivity index (χ3n) is 7.25. The first-order chi connectivity index (χ1) is 22.0. The summed E-state index contributed by atoms with van der Waals surface area (Å²) in [6, 6.07) is 28.1. The van der Waals surface area contributed by atoms with Gasteiger partial charge in [0.25, 0.3) is 11.8 Å². The van der Waals surface area contributed by atoms with Gasteiger partial charge in [-0.3, -0.25) is 14.2 Å². The molecule has 45 heavy (non-hydrogen) atoms. The van der Waals surface area contributed by atoms with Gasteiger partial charge in [0, 0.05) is 17.7 Å². The lowest BCUT2D eigenvalue weighted by molar-refractivity contribution is -0.130. The Balaban J connectivity index is 1.21. The Morgan fingerprint density at radius 1 is 0.933 bits per heavy atom. The van der Waals surface area contributed by atoms with E-state index in [2.05, 4.69) is 15.5 Å². The van der Waals surface area contributed by atoms with Crippen molar-refractivity contribution in [1.82, 2.24) is 25.1 Å². The maximum atomic E-state index is 13.8. The van der Waals surface area contributed by atoms with Gasteiger partial charge in [0.1, 0.15) is 11.5 Å². The number of thioether (sulfide) groups is 1. The number of nitrogens with zero attached hydrogens (tertiary/aromatic N) is 5. The lowest BCUT2D eigenvalue weighted by Gasteiger charge is -2.22. The molecule has 6 rings (SSSR count). The van der Waals surface area contributed by atoms with Gasteiger partial charge in [0.2, 0.25) is 0 Å². The number of carbonyl (C=O) groups excluding carboxylic acids is 2. The second-order valence-electron chi connectivity index (χ2n) is 10.0. The number of aromatic nitrogens is 3. The molecule has 1 atom stereocenters. The third kappa shape index (κ3) is 6.76. The van der Waals surface area contributed by atoms with E-state index in [-0.39, 0.29) is 30.2 Å². The molecular weight excluding hydrogens is 609 g/mol. The number of amides is 2. The molecule has 0 radical (unpaired) electrons. The number of hydrogen-bond donors (Lipinski definition) is 1. The molecule has 0 saturated heterocycles. The Labute approximate surface area is 268 Å². The van der Waals surface area contributed by atoms with E-state index in [1.54, 1.807) is 54.8 Å². The smallest absolute Gasteiger partial charge is 0.253 e. The van der Waals surface area contributed by atoms with E-state index >= 15 is 0 Å². The summed E-state index contributed by atoms with van der Waals surface area (Å²) in [4.78, 5) is 27.7. The molecule has 3 heterocycles. The van der Waals surface area contributed by atoms with Crippen LogP contribution < -0.4 is 14.8 Å². The minimum absolute atomic E-state index is 0.0923. The van der Waals surface area contributed by atoms with E-state index in [9.17, 15) is 9.59 Å². The molecule has 2 aromatic heterocycles. The molecule has 0 unspecified atom stereocenters. The number of nitrogens with one attached hydrogen (secondary N) is 1. The molecule has 0 spiro atoms. The fourth-order valence-corrected chi connectivity index (χ4v) is 6.52. The van der Waals surface area contributed by atoms with Gasteiger partial charge in [-0.25, -0.2) is 5.01 Å². The number of hydrazone groups is 1. The minimum atomic E-state index is -0.265. The summed E-state index contributed by atoms with van der Waals surface area (Å²) < 4.78 is 12.4. The van der Waals surface area contributed by atoms with Crippen molar-refractivity contribution in [2.75, 3.05) is 20.0 Å². The molecule has 1 N–H and O–H groups in total. The number of benzene rings is 3. The number of methoxy groups -OCH3 is 2. The highest BCUT2D eigenvalue weighted by molar-refractivity contribution is 7.99. The summed E-state index contributed by atoms with van der Waals surface area (Å²) in [7, 11) is 3.19. The fraction of sp³-hybridized carbons (Fsp3) is 0.182. The average Bonchev–Trinajstić information content (AvgIpc) is 3.87. The predicted octanol–water partition coefficient (Wildman–Crippen LogP) is 5.75. The number of ether oxygens (including phenoxy) is 2. The van der Waals surface area contributed by atoms with Gasteiger partial charge in [0.05, 0.1) is 43.1 Å². The van der Waals surface area contributed by atoms with Crippen LogP contribution in [0, 0.1) is 0 Å². The van der Waals surface area contributed by atoms with Crippen LogP contribution in [0.5, 0.6) is 11.5 Å². The lowest BCUT2D eigenvalue weighted by Crippen LogP contribution is -2.28. The van der Waals surface area contributed by atoms with Crippen LogP contribution in [0.4, 0.5) is 0 Å². The lowest BCUT2D eigenvalue weighted by atomic mass is 10.0. The van der Waals surface area contributed by atoms with Crippen LogP contribution in [0.1, 0.15) is 39.1 Å². The first-order valence-corrected chi connectivity index (χ1v) is 16.0. The van der Waals surface area contributed by atoms with Crippen LogP contribution >= 0.6 is 23.1 Å². The topological polar surface area (TPSA) is 111 Å². The number of para-hydroxylation sites is 1. The highest BCUT2D eigenvalue weighted by Crippen LogP contribution is 2.35. The van der Waals surface area contributed by atoms with E-state index in [0.717, 1.165) is 27.6 Å². The minimum Gasteiger partial charge on any atom is -0.497 e. The monoisotopic (exact) mass is 638 g/mol. The standard InChI is InChI=1S/C33H30N6O4S2/c1-42-25-15-13-22(14-16-25)28-19-27(29-12-7-17-44-29)37-39(28)31(40)21-45-33-36-35-30(38(33)24-9-4-3-5-10-24)20-34-32(41)23-8-6-11-26(18-23)43-2/h3-18,28H,19-21H2,1-2H3,(H,34,41)/t28-/m1/s1. The van der Waals surface area contributed by atoms with Crippen molar-refractivity contribution in [3.8, 4) is 17.2 Å². The van der Waals surface area contributed by atoms with Gasteiger partial charge in [-0.05, 0) is 59.5 Å². The van der Waals surface area contributed by atoms with Gasteiger partial charge >= 0.3 is 0 Å². The van der Waals surface area contributed by atoms with E-state index < -0.39 is 0 Å². The van der Waals surface area contributed by atoms with Crippen molar-refractivity contribution in [3.63, 3.8) is 0 Å². The Morgan fingerprint density at radius 3 is 2.47 bits per heavy atom. The third-order valence-corrected chi connectivity index (χ3v) is 9.08. The first-order valence-electron chi connectivity index (χ1n) is 14.2. The zero-order chi connectivity index (χ0) is 31.2. The highest BCUT2D eigenvalue weighted by Gasteiger charge is 2.33. The summed E-state index contributed by atoms with van der Waals surface area (Å²) in [6.07, 6.45) is 0.612. The second-order valence-corrected chi connectivity index (χ2v) is 11.9. The van der Waals surface area contributed by atoms with E-state index in [4.69, 9.17) is 14.6 Å². The molecule has 0 bridgehead atoms. The summed E-state index contributed by atoms with van der Waals surface area (Å²) in [5.41, 5.74) is 3.15. The molecule has 10 nitrogen and oxygen atoms in total. The number of hydrogen-bond acceptors (Lipinski definition) is 9. The fourth-order valence-electron chi connectivity index (χ4n) is 4.98. The van der Waals surface area contributed by atoms with Gasteiger partial charge in [-0.1, -0.05) is 54.2 Å². The molecule has 1 aliphatic rings. The summed E-state index contributed by atoms with van der Waals surface area (Å²) in [5.74, 6) is 1.55. The molecule has 3 aromatic carbocycles. The second kappa shape index (κ2) is 13.8. The Bertz CT molecular complexity index is 1810. The molecule has 0 aliphatic carbocycles. The Hall–Kier alpha value is -4.94. The normalized spacial score (nSPS) is 14.2. The van der Waals surface area contributed by atoms with Crippen molar-refractivity contribution < 1.29 is 19.1 Å². The van der Waals surface area contributed by atoms with Crippen molar-refractivity contribution >= 4 is 40.6 Å². The number of rotatable bonds is 11. The molecule has 1 aliphatic heterocycles. The van der Waals surface area contributed by atoms with E-state index in [1.807, 2.05) is 76.7 Å². The van der Waals surface area contributed by atoms with E-state index in [0.29, 0.717) is 28.7 Å². The Morgan fingerprint density at radius 2 is 1.73 bits per heavy atom. The zero-order valence-corrected chi connectivity index (χ0v) is 26.3. The maximum absolute atomic E-state index is 13.8. The van der Waals surface area contributed by atoms with Crippen LogP contribution in [0.2, 0.25) is 0 Å². The van der Waals surface area contributed by atoms with Crippen LogP contribution in [-0.4, -0.2) is 57.3 Å². The molecular formula is C33H30N6O4S2. The summed E-state index contributed by atoms with van der Waals surface area (Å²) in [6.45, 7) is 0.132. The SMILES string of the molecule is COc1ccc([C@H]2CC(c3cccs3)=NN2C(=O)CSc2nnc(CNC(=O)c3cccc(OC)c3)n2-c2ccccc2)cc1. The summed E-state index contributed by atoms with van der Waals surface area (Å²) in [5, 5.41) is 20.6. The van der Waals surface area contributed by atoms with Crippen LogP contribution in [-0.2, 0) is 11.3 Å². The Kier molecular flexibility index (Phi) is 9.22. The van der Waals surface area contributed by atoms with Gasteiger partial charge in [-0.15, -0.1) is 21.5 Å². The molecule has 5 aromatic rings. The zero-order valence-electron chi connectivity index (χ0n) is 24.6. The predicted molar refractivity (Wildman–Crippen MR) is 174 cm³/mol. The van der Waals surface area contributed by atoms with Crippen LogP contribution in [0.25, 0.3) is 5.69 Å². The largest absolute Gasteiger partial charge is 0.497 e. The summed E-state index contributed by atoms with van der Waals surface area (Å²) >= 11 is 2.88. The van der Waals surface area contributed by atoms with Gasteiger partial charge < -0.3 is 14.8 Å². The van der Waals surface area contributed by atoms with Crippen molar-refractivity contribution in [2.45, 2.75) is 24.2 Å². The molecule has 12 heteroatoms. The number of carbonyl (C=O) groups is 2. The van der Waals surface area contributed by atoms with Gasteiger partial charge in [0.15, 0.2) is 11.0 Å². The van der Waals surface area contributed by atoms with Gasteiger partial charge in [-0.2, -0.15) is 5.10 Å². The number of thiophene rings is 1. The maximum Gasteiger partial charge on any atom is 0.253 e. The van der Waals surface area contributed by atoms with Crippen molar-refractivity contribution in [3.05, 3.63) is 118 Å². The average molecular weight is 639 g/mol. The first kappa shape index (κ1) is 30.1. The van der Waals surface area contributed by atoms with Crippen LogP contribution in [0.15, 0.2) is 107 Å². The highest BCUT2D eigenvalue weighted by atomic mass is 32.2. The molecule has 0 fully saturated rings. The van der Waals surface area contributed by atoms with E-state index in [1.165, 1.54) is 11.8 Å². The molecule has 0 saturated carbocycles. The van der Waals surface area contributed by atoms with Crippen LogP contribution in [0.3, 0.4) is 0 Å². The van der Waals surface area contributed by atoms with Crippen molar-refractivity contribution in [2.24, 2.45) is 5.10 Å². The molecule has 228 valence electrons. The van der Waals surface area contributed by atoms with Crippen molar-refractivity contribution in [1.29, 1.82) is 0 Å².